The maximum absolute atomic E-state index is 4.52. The average molecular weight is 348 g/mol. The molecule has 0 atom stereocenters. The number of alkyl halides is 1. The van der Waals surface area contributed by atoms with Crippen LogP contribution in [0.25, 0.3) is 0 Å². The van der Waals surface area contributed by atoms with E-state index in [4.69, 9.17) is 0 Å². The Morgan fingerprint density at radius 2 is 2.12 bits per heavy atom. The number of hydrogen-bond acceptors (Lipinski definition) is 2. The van der Waals surface area contributed by atoms with Crippen LogP contribution in [0.5, 0.6) is 0 Å². The normalized spacial score (nSPS) is 17.8. The van der Waals surface area contributed by atoms with Crippen molar-refractivity contribution in [1.82, 2.24) is 4.98 Å². The Morgan fingerprint density at radius 3 is 2.69 bits per heavy atom. The van der Waals surface area contributed by atoms with Crippen LogP contribution in [0.3, 0.4) is 0 Å². The number of piperidine rings is 1. The van der Waals surface area contributed by atoms with Gasteiger partial charge in [-0.2, -0.15) is 0 Å². The van der Waals surface area contributed by atoms with Gasteiger partial charge in [-0.1, -0.05) is 15.9 Å². The van der Waals surface area contributed by atoms with Crippen molar-refractivity contribution in [3.63, 3.8) is 0 Å². The van der Waals surface area contributed by atoms with Crippen molar-refractivity contribution in [2.45, 2.75) is 19.8 Å². The highest BCUT2D eigenvalue weighted by molar-refractivity contribution is 9.10. The Hall–Kier alpha value is -0.0900. The van der Waals surface area contributed by atoms with Crippen molar-refractivity contribution in [1.29, 1.82) is 0 Å². The molecular weight excluding hydrogens is 332 g/mol. The highest BCUT2D eigenvalue weighted by Gasteiger charge is 2.20. The van der Waals surface area contributed by atoms with Gasteiger partial charge in [0.1, 0.15) is 5.82 Å². The minimum atomic E-state index is 0.840. The number of anilines is 1. The summed E-state index contributed by atoms with van der Waals surface area (Å²) in [5.41, 5.74) is 1.26. The first-order valence-electron chi connectivity index (χ1n) is 5.63. The zero-order valence-electron chi connectivity index (χ0n) is 9.42. The van der Waals surface area contributed by atoms with Crippen LogP contribution in [-0.2, 0) is 0 Å². The smallest absolute Gasteiger partial charge is 0.131 e. The van der Waals surface area contributed by atoms with Crippen LogP contribution in [0, 0.1) is 12.8 Å². The van der Waals surface area contributed by atoms with Crippen molar-refractivity contribution < 1.29 is 0 Å². The summed E-state index contributed by atoms with van der Waals surface area (Å²) in [6, 6.07) is 2.14. The second-order valence-electron chi connectivity index (χ2n) is 4.38. The van der Waals surface area contributed by atoms with Crippen molar-refractivity contribution in [3.05, 3.63) is 22.3 Å². The summed E-state index contributed by atoms with van der Waals surface area (Å²) in [6.07, 6.45) is 4.42. The molecule has 0 amide bonds. The number of hydrogen-bond donors (Lipinski definition) is 0. The van der Waals surface area contributed by atoms with Gasteiger partial charge in [-0.3, -0.25) is 0 Å². The molecule has 1 saturated heterocycles. The van der Waals surface area contributed by atoms with E-state index in [1.165, 1.54) is 18.4 Å². The van der Waals surface area contributed by atoms with Crippen LogP contribution in [0.4, 0.5) is 5.82 Å². The second-order valence-corrected chi connectivity index (χ2v) is 5.94. The maximum atomic E-state index is 4.52. The fraction of sp³-hybridized carbons (Fsp3) is 0.583. The van der Waals surface area contributed by atoms with Gasteiger partial charge in [-0.15, -0.1) is 0 Å². The van der Waals surface area contributed by atoms with E-state index in [2.05, 4.69) is 54.7 Å². The largest absolute Gasteiger partial charge is 0.356 e. The maximum Gasteiger partial charge on any atom is 0.131 e. The number of nitrogens with zero attached hydrogens (tertiary/aromatic N) is 2. The zero-order chi connectivity index (χ0) is 11.5. The molecule has 4 heteroatoms. The second kappa shape index (κ2) is 5.50. The quantitative estimate of drug-likeness (QED) is 0.757. The van der Waals surface area contributed by atoms with Gasteiger partial charge in [-0.05, 0) is 53.2 Å². The summed E-state index contributed by atoms with van der Waals surface area (Å²) in [4.78, 5) is 6.92. The molecule has 1 aliphatic heterocycles. The fourth-order valence-electron chi connectivity index (χ4n) is 2.16. The first-order chi connectivity index (χ1) is 7.70. The molecule has 0 aliphatic carbocycles. The lowest BCUT2D eigenvalue weighted by Crippen LogP contribution is -2.35. The number of aromatic nitrogens is 1. The molecule has 0 spiro atoms. The van der Waals surface area contributed by atoms with Crippen LogP contribution in [0.2, 0.25) is 0 Å². The van der Waals surface area contributed by atoms with Crippen molar-refractivity contribution in [3.8, 4) is 0 Å². The summed E-state index contributed by atoms with van der Waals surface area (Å²) in [7, 11) is 0. The Balaban J connectivity index is 2.08. The van der Waals surface area contributed by atoms with E-state index in [1.807, 2.05) is 6.20 Å². The van der Waals surface area contributed by atoms with E-state index >= 15 is 0 Å². The molecule has 16 heavy (non-hydrogen) atoms. The van der Waals surface area contributed by atoms with Crippen LogP contribution in [0.1, 0.15) is 18.4 Å². The van der Waals surface area contributed by atoms with Gasteiger partial charge in [0.05, 0.1) is 0 Å². The Bertz CT molecular complexity index is 360. The third kappa shape index (κ3) is 2.77. The molecule has 2 nitrogen and oxygen atoms in total. The number of aryl methyl sites for hydroxylation is 1. The van der Waals surface area contributed by atoms with E-state index < -0.39 is 0 Å². The predicted molar refractivity (Wildman–Crippen MR) is 75.4 cm³/mol. The summed E-state index contributed by atoms with van der Waals surface area (Å²) in [5.74, 6) is 1.99. The van der Waals surface area contributed by atoms with Crippen molar-refractivity contribution >= 4 is 37.7 Å². The third-order valence-electron chi connectivity index (χ3n) is 3.15. The molecule has 2 rings (SSSR count). The third-order valence-corrected chi connectivity index (χ3v) is 4.50. The standard InChI is InChI=1S/C12H16Br2N2/c1-9-6-11(14)8-15-12(9)16-4-2-10(7-13)3-5-16/h6,8,10H,2-5,7H2,1H3. The minimum absolute atomic E-state index is 0.840. The summed E-state index contributed by atoms with van der Waals surface area (Å²) in [6.45, 7) is 4.39. The summed E-state index contributed by atoms with van der Waals surface area (Å²) >= 11 is 7.02. The molecule has 0 bridgehead atoms. The molecule has 1 fully saturated rings. The van der Waals surface area contributed by atoms with Gasteiger partial charge in [-0.25, -0.2) is 4.98 Å². The van der Waals surface area contributed by atoms with Crippen LogP contribution < -0.4 is 4.90 Å². The highest BCUT2D eigenvalue weighted by Crippen LogP contribution is 2.26. The number of pyridine rings is 1. The molecule has 0 unspecified atom stereocenters. The van der Waals surface area contributed by atoms with E-state index in [0.717, 1.165) is 34.6 Å². The first-order valence-corrected chi connectivity index (χ1v) is 7.55. The average Bonchev–Trinajstić information content (AvgIpc) is 2.29. The predicted octanol–water partition coefficient (Wildman–Crippen LogP) is 3.76. The number of halogens is 2. The van der Waals surface area contributed by atoms with Gasteiger partial charge in [0.25, 0.3) is 0 Å². The van der Waals surface area contributed by atoms with E-state index in [-0.39, 0.29) is 0 Å². The lowest BCUT2D eigenvalue weighted by molar-refractivity contribution is 0.445. The van der Waals surface area contributed by atoms with Crippen molar-refractivity contribution in [2.75, 3.05) is 23.3 Å². The number of rotatable bonds is 2. The summed E-state index contributed by atoms with van der Waals surface area (Å²) in [5, 5.41) is 1.13. The van der Waals surface area contributed by atoms with E-state index in [0.29, 0.717) is 0 Å². The van der Waals surface area contributed by atoms with Gasteiger partial charge in [0, 0.05) is 29.1 Å². The molecule has 88 valence electrons. The van der Waals surface area contributed by atoms with Crippen molar-refractivity contribution in [2.24, 2.45) is 5.92 Å². The molecule has 1 aliphatic rings. The Morgan fingerprint density at radius 1 is 1.44 bits per heavy atom. The van der Waals surface area contributed by atoms with Gasteiger partial charge in [0.15, 0.2) is 0 Å². The molecule has 0 saturated carbocycles. The van der Waals surface area contributed by atoms with Gasteiger partial charge < -0.3 is 4.90 Å². The molecule has 0 radical (unpaired) electrons. The fourth-order valence-corrected chi connectivity index (χ4v) is 3.26. The lowest BCUT2D eigenvalue weighted by Gasteiger charge is -2.32. The van der Waals surface area contributed by atoms with E-state index in [9.17, 15) is 0 Å². The van der Waals surface area contributed by atoms with Crippen LogP contribution in [-0.4, -0.2) is 23.4 Å². The molecule has 0 N–H and O–H groups in total. The molecule has 2 heterocycles. The van der Waals surface area contributed by atoms with Gasteiger partial charge >= 0.3 is 0 Å². The highest BCUT2D eigenvalue weighted by atomic mass is 79.9. The zero-order valence-corrected chi connectivity index (χ0v) is 12.6. The van der Waals surface area contributed by atoms with Crippen LogP contribution >= 0.6 is 31.9 Å². The SMILES string of the molecule is Cc1cc(Br)cnc1N1CCC(CBr)CC1. The topological polar surface area (TPSA) is 16.1 Å². The summed E-state index contributed by atoms with van der Waals surface area (Å²) < 4.78 is 1.06. The molecular formula is C12H16Br2N2. The molecule has 1 aromatic heterocycles. The van der Waals surface area contributed by atoms with E-state index in [1.54, 1.807) is 0 Å². The molecule has 0 aromatic carbocycles. The minimum Gasteiger partial charge on any atom is -0.356 e. The van der Waals surface area contributed by atoms with Gasteiger partial charge in [0.2, 0.25) is 0 Å². The monoisotopic (exact) mass is 346 g/mol. The first kappa shape index (κ1) is 12.4. The lowest BCUT2D eigenvalue weighted by atomic mass is 9.99. The molecule has 1 aromatic rings. The Labute approximate surface area is 114 Å². The van der Waals surface area contributed by atoms with Crippen LogP contribution in [0.15, 0.2) is 16.7 Å². The Kier molecular flexibility index (Phi) is 4.25.